The number of fused-ring (bicyclic) bond motifs is 3. The Kier molecular flexibility index (Phi) is 35.8. The topological polar surface area (TPSA) is 340 Å². The summed E-state index contributed by atoms with van der Waals surface area (Å²) in [4.78, 5) is 83.4. The summed E-state index contributed by atoms with van der Waals surface area (Å²) in [6.45, 7) is 34.3. The molecule has 0 fully saturated rings. The van der Waals surface area contributed by atoms with Crippen molar-refractivity contribution in [3.8, 4) is 66.2 Å². The molecular formula is C98H109F3N14O12S3. The van der Waals surface area contributed by atoms with Gasteiger partial charge in [-0.15, -0.1) is 34.0 Å². The van der Waals surface area contributed by atoms with Gasteiger partial charge in [-0.3, -0.25) is 39.5 Å². The number of aryl methyl sites for hydroxylation is 3. The molecule has 0 spiro atoms. The molecule has 12 heterocycles. The molecule has 0 saturated heterocycles. The van der Waals surface area contributed by atoms with Crippen LogP contribution in [0.25, 0.3) is 62.4 Å². The predicted octanol–water partition coefficient (Wildman–Crippen LogP) is 24.2. The van der Waals surface area contributed by atoms with Gasteiger partial charge in [0.2, 0.25) is 0 Å². The second kappa shape index (κ2) is 47.1. The zero-order chi connectivity index (χ0) is 93.8. The van der Waals surface area contributed by atoms with Crippen molar-refractivity contribution in [2.45, 2.75) is 187 Å². The first kappa shape index (κ1) is 98.9. The normalized spacial score (nSPS) is 11.0. The van der Waals surface area contributed by atoms with E-state index in [1.807, 2.05) is 138 Å². The Morgan fingerprint density at radius 3 is 1.08 bits per heavy atom. The van der Waals surface area contributed by atoms with Crippen LogP contribution in [-0.2, 0) is 64.4 Å². The van der Waals surface area contributed by atoms with E-state index in [-0.39, 0.29) is 66.7 Å². The summed E-state index contributed by atoms with van der Waals surface area (Å²) in [5.74, 6) is 2.36. The number of carbonyl (C=O) groups is 4. The number of aromatic nitrogens is 9. The first-order chi connectivity index (χ1) is 62.4. The number of hydrogen-bond acceptors (Lipinski definition) is 27. The average molecular weight is 1830 g/mol. The quantitative estimate of drug-likeness (QED) is 0.0289. The molecule has 0 aliphatic heterocycles. The fraction of sp³-hybridized carbons (Fsp3) is 0.316. The molecular weight excluding hydrogens is 1720 g/mol. The molecule has 12 aromatic heterocycles. The Balaban J connectivity index is 0.000000192. The van der Waals surface area contributed by atoms with Crippen LogP contribution in [0.15, 0.2) is 196 Å². The fourth-order valence-electron chi connectivity index (χ4n) is 12.7. The van der Waals surface area contributed by atoms with Gasteiger partial charge >= 0.3 is 12.2 Å². The molecule has 2 amide bonds. The maximum Gasteiger partial charge on any atom is 0.410 e. The van der Waals surface area contributed by atoms with Crippen molar-refractivity contribution in [3.05, 3.63) is 257 Å². The standard InChI is InChI=1S/C34H35FN4O5S.C29H27FN4O3S.C27H29FN4O3S.C4H6N2O.2C2H6/c1-6-13-39(33(41)43-34(3,4)5)20-23-7-9-27(37-19-23)31-18-28-32(45-31)30(11-12-36-28)42-29-10-8-22(16-26(29)35)15-25(40)17-24-14-21(2)44-38-24;1-3-9-31-16-20-4-6-24(33-17-20)28-15-25-29(38-28)27(8-10-32-25)36-26-7-5-19(13-23(26)30)12-22(35)14-21-11-18(2)37-34-21;1-5-12-32(26(33)35-27(2,3)4)16-17-6-8-20(31-15-17)24-14-21-25(36-24)23(10-11-30-21)34-22-9-7-18(29)13-19(22)28;1-3-2-4(5)6-7-3;2*1-2/h7-12,14,16,18-19H,6,13,15,17,20H2,1-5H3;4-8,10-11,13,15,17,31H,3,9,12,14,16H2,1-2H3;6-11,13-15H,5,12,16,29H2,1-4H3;2H,1H3,(H2,5,6);2*1-2H3. The minimum atomic E-state index is -0.572. The zero-order valence-corrected chi connectivity index (χ0v) is 78.3. The van der Waals surface area contributed by atoms with E-state index in [2.05, 4.69) is 68.2 Å². The number of nitrogen functional groups attached to an aromatic ring is 2. The van der Waals surface area contributed by atoms with E-state index in [1.54, 1.807) is 122 Å². The molecule has 3 aromatic carbocycles. The summed E-state index contributed by atoms with van der Waals surface area (Å²) >= 11 is 4.40. The van der Waals surface area contributed by atoms with Gasteiger partial charge in [-0.25, -0.2) is 22.8 Å². The van der Waals surface area contributed by atoms with Gasteiger partial charge in [0.05, 0.1) is 99.7 Å². The lowest BCUT2D eigenvalue weighted by atomic mass is 10.1. The molecule has 0 atom stereocenters. The third-order valence-electron chi connectivity index (χ3n) is 18.3. The van der Waals surface area contributed by atoms with E-state index in [1.165, 1.54) is 64.3 Å². The Bertz CT molecular complexity index is 6220. The number of Topliss-reactive ketones (excluding diaryl/α,β-unsaturated/α-hetero) is 2. The summed E-state index contributed by atoms with van der Waals surface area (Å²) < 4.78 is 90.1. The minimum Gasteiger partial charge on any atom is -0.453 e. The number of ether oxygens (including phenoxy) is 5. The van der Waals surface area contributed by atoms with Crippen molar-refractivity contribution in [1.82, 2.24) is 60.5 Å². The number of pyridine rings is 6. The molecule has 5 N–H and O–H groups in total. The highest BCUT2D eigenvalue weighted by atomic mass is 32.1. The van der Waals surface area contributed by atoms with E-state index >= 15 is 4.39 Å². The van der Waals surface area contributed by atoms with Crippen molar-refractivity contribution in [2.24, 2.45) is 0 Å². The highest BCUT2D eigenvalue weighted by Crippen LogP contribution is 2.43. The van der Waals surface area contributed by atoms with Crippen molar-refractivity contribution in [1.29, 1.82) is 0 Å². The van der Waals surface area contributed by atoms with Crippen LogP contribution in [0.4, 0.5) is 34.3 Å². The molecule has 0 bridgehead atoms. The minimum absolute atomic E-state index is 0.0462. The molecule has 15 rings (SSSR count). The van der Waals surface area contributed by atoms with Crippen molar-refractivity contribution in [2.75, 3.05) is 31.1 Å². The lowest BCUT2D eigenvalue weighted by Gasteiger charge is -2.27. The third-order valence-corrected chi connectivity index (χ3v) is 21.8. The summed E-state index contributed by atoms with van der Waals surface area (Å²) in [5.41, 5.74) is 19.7. The first-order valence-corrected chi connectivity index (χ1v) is 45.2. The summed E-state index contributed by atoms with van der Waals surface area (Å²) in [6.07, 6.45) is 12.7. The van der Waals surface area contributed by atoms with Crippen LogP contribution in [0.5, 0.6) is 34.5 Å². The van der Waals surface area contributed by atoms with Gasteiger partial charge in [0.25, 0.3) is 0 Å². The molecule has 32 heteroatoms. The number of rotatable bonds is 29. The van der Waals surface area contributed by atoms with Gasteiger partial charge in [0.15, 0.2) is 40.5 Å². The highest BCUT2D eigenvalue weighted by Gasteiger charge is 2.26. The van der Waals surface area contributed by atoms with E-state index < -0.39 is 28.7 Å². The molecule has 0 aliphatic carbocycles. The number of halogens is 3. The molecule has 0 saturated carbocycles. The van der Waals surface area contributed by atoms with Crippen LogP contribution in [-0.4, -0.2) is 110 Å². The number of ketones is 2. The number of amides is 2. The maximum atomic E-state index is 15.1. The Morgan fingerprint density at radius 1 is 0.415 bits per heavy atom. The fourth-order valence-corrected chi connectivity index (χ4v) is 15.8. The van der Waals surface area contributed by atoms with Crippen LogP contribution in [0.2, 0.25) is 0 Å². The highest BCUT2D eigenvalue weighted by molar-refractivity contribution is 7.23. The largest absolute Gasteiger partial charge is 0.453 e. The van der Waals surface area contributed by atoms with Crippen molar-refractivity contribution >= 4 is 99.9 Å². The van der Waals surface area contributed by atoms with E-state index in [9.17, 15) is 28.0 Å². The van der Waals surface area contributed by atoms with Gasteiger partial charge in [-0.05, 0) is 189 Å². The van der Waals surface area contributed by atoms with E-state index in [4.69, 9.17) is 44.2 Å². The van der Waals surface area contributed by atoms with Gasteiger partial charge in [-0.1, -0.05) is 94.3 Å². The number of carbonyl (C=O) groups excluding carboxylic acids is 4. The van der Waals surface area contributed by atoms with E-state index in [0.29, 0.717) is 94.5 Å². The van der Waals surface area contributed by atoms with Crippen molar-refractivity contribution in [3.63, 3.8) is 0 Å². The van der Waals surface area contributed by atoms with Crippen molar-refractivity contribution < 1.29 is 69.6 Å². The lowest BCUT2D eigenvalue weighted by molar-refractivity contribution is -0.118. The van der Waals surface area contributed by atoms with Crippen LogP contribution in [0.3, 0.4) is 0 Å². The maximum absolute atomic E-state index is 15.1. The first-order valence-electron chi connectivity index (χ1n) is 42.8. The molecule has 15 aromatic rings. The number of anilines is 2. The smallest absolute Gasteiger partial charge is 0.410 e. The Labute approximate surface area is 766 Å². The Hall–Kier alpha value is -13.3. The van der Waals surface area contributed by atoms with Gasteiger partial charge in [0, 0.05) is 118 Å². The van der Waals surface area contributed by atoms with Gasteiger partial charge < -0.3 is 63.8 Å². The number of hydrogen-bond donors (Lipinski definition) is 3. The average Bonchev–Trinajstić information content (AvgIpc) is 1.65. The molecule has 26 nitrogen and oxygen atoms in total. The zero-order valence-electron chi connectivity index (χ0n) is 75.8. The molecule has 0 aliphatic rings. The molecule has 130 heavy (non-hydrogen) atoms. The summed E-state index contributed by atoms with van der Waals surface area (Å²) in [5, 5.41) is 14.5. The SMILES string of the molecule is CC.CC.CCCN(Cc1ccc(-c2cc3nccc(Oc4ccc(CC(=O)Cc5cc(C)on5)cc4F)c3s2)nc1)C(=O)OC(C)(C)C.CCCN(Cc1ccc(-c2cc3nccc(Oc4ccc(N)cc4F)c3s2)nc1)C(=O)OC(C)(C)C.CCCNCc1ccc(-c2cc3nccc(Oc4ccc(CC(=O)Cc5cc(C)on5)cc4F)c3s2)nc1.Cc1cc(N)no1. The summed E-state index contributed by atoms with van der Waals surface area (Å²) in [7, 11) is 0. The second-order valence-corrected chi connectivity index (χ2v) is 34.7. The number of benzene rings is 3. The number of nitrogens with two attached hydrogens (primary N) is 2. The van der Waals surface area contributed by atoms with Crippen LogP contribution >= 0.6 is 34.0 Å². The second-order valence-electron chi connectivity index (χ2n) is 31.6. The van der Waals surface area contributed by atoms with E-state index in [0.717, 1.165) is 112 Å². The third kappa shape index (κ3) is 29.1. The van der Waals surface area contributed by atoms with Gasteiger partial charge in [-0.2, -0.15) is 0 Å². The monoisotopic (exact) mass is 1830 g/mol. The summed E-state index contributed by atoms with van der Waals surface area (Å²) in [6, 6.07) is 41.2. The number of nitrogens with zero attached hydrogens (tertiary/aromatic N) is 11. The predicted molar refractivity (Wildman–Crippen MR) is 504 cm³/mol. The van der Waals surface area contributed by atoms with Crippen LogP contribution in [0, 0.1) is 38.2 Å². The van der Waals surface area contributed by atoms with Gasteiger partial charge in [0.1, 0.15) is 57.3 Å². The number of nitrogens with one attached hydrogen (secondary N) is 1. The molecule has 0 unspecified atom stereocenters. The lowest BCUT2D eigenvalue weighted by Crippen LogP contribution is -2.36. The molecule has 0 radical (unpaired) electrons. The molecule has 682 valence electrons. The van der Waals surface area contributed by atoms with Crippen LogP contribution in [0.1, 0.15) is 166 Å². The Morgan fingerprint density at radius 2 is 0.777 bits per heavy atom. The van der Waals surface area contributed by atoms with Crippen LogP contribution < -0.4 is 31.0 Å². The number of thiophene rings is 3.